The van der Waals surface area contributed by atoms with Gasteiger partial charge in [-0.3, -0.25) is 0 Å². The summed E-state index contributed by atoms with van der Waals surface area (Å²) in [6, 6.07) is 11.2. The van der Waals surface area contributed by atoms with Crippen LogP contribution in [0, 0.1) is 16.7 Å². The van der Waals surface area contributed by atoms with E-state index in [0.717, 1.165) is 32.4 Å². The Bertz CT molecular complexity index is 410. The van der Waals surface area contributed by atoms with E-state index in [0.29, 0.717) is 0 Å². The van der Waals surface area contributed by atoms with Gasteiger partial charge in [0, 0.05) is 13.1 Å². The number of nitriles is 1. The number of hydrogen-bond donors (Lipinski definition) is 0. The van der Waals surface area contributed by atoms with Crippen LogP contribution in [0.15, 0.2) is 24.3 Å². The zero-order valence-electron chi connectivity index (χ0n) is 10.7. The lowest BCUT2D eigenvalue weighted by Crippen LogP contribution is -2.25. The Morgan fingerprint density at radius 1 is 1.24 bits per heavy atom. The maximum atomic E-state index is 9.06. The van der Waals surface area contributed by atoms with Crippen LogP contribution in [0.3, 0.4) is 0 Å². The minimum atomic E-state index is -0.0297. The summed E-state index contributed by atoms with van der Waals surface area (Å²) in [4.78, 5) is 2.26. The Balaban J connectivity index is 1.89. The molecule has 1 aromatic rings. The van der Waals surface area contributed by atoms with Crippen LogP contribution in [0.2, 0.25) is 0 Å². The molecule has 0 N–H and O–H groups in total. The van der Waals surface area contributed by atoms with Crippen LogP contribution in [0.4, 0.5) is 0 Å². The summed E-state index contributed by atoms with van der Waals surface area (Å²) >= 11 is 0. The molecule has 2 rings (SSSR count). The molecule has 1 saturated carbocycles. The van der Waals surface area contributed by atoms with Gasteiger partial charge in [-0.25, -0.2) is 0 Å². The maximum Gasteiger partial charge on any atom is 0.0703 e. The third kappa shape index (κ3) is 3.08. The number of aryl methyl sites for hydroxylation is 1. The standard InChI is InChI=1S/C15H20N2/c1-3-13-4-6-14(7-5-13)10-17(2)12-15(11-16)8-9-15/h4-7H,3,8-10,12H2,1-2H3. The molecule has 90 valence electrons. The molecule has 1 aliphatic carbocycles. The molecular weight excluding hydrogens is 208 g/mol. The van der Waals surface area contributed by atoms with E-state index in [2.05, 4.69) is 49.2 Å². The maximum absolute atomic E-state index is 9.06. The normalized spacial score (nSPS) is 16.8. The molecule has 0 saturated heterocycles. The number of nitrogens with zero attached hydrogens (tertiary/aromatic N) is 2. The molecule has 0 radical (unpaired) electrons. The molecule has 1 aromatic carbocycles. The van der Waals surface area contributed by atoms with Gasteiger partial charge in [0.1, 0.15) is 0 Å². The van der Waals surface area contributed by atoms with Crippen molar-refractivity contribution >= 4 is 0 Å². The van der Waals surface area contributed by atoms with Crippen molar-refractivity contribution in [2.45, 2.75) is 32.7 Å². The van der Waals surface area contributed by atoms with Gasteiger partial charge in [0.05, 0.1) is 11.5 Å². The zero-order valence-corrected chi connectivity index (χ0v) is 10.7. The van der Waals surface area contributed by atoms with Gasteiger partial charge in [0.15, 0.2) is 0 Å². The molecule has 0 aromatic heterocycles. The third-order valence-corrected chi connectivity index (χ3v) is 3.55. The van der Waals surface area contributed by atoms with Crippen molar-refractivity contribution in [3.8, 4) is 6.07 Å². The Kier molecular flexibility index (Phi) is 3.49. The van der Waals surface area contributed by atoms with Crippen LogP contribution in [-0.4, -0.2) is 18.5 Å². The van der Waals surface area contributed by atoms with Gasteiger partial charge in [-0.1, -0.05) is 31.2 Å². The highest BCUT2D eigenvalue weighted by atomic mass is 15.1. The monoisotopic (exact) mass is 228 g/mol. The SMILES string of the molecule is CCc1ccc(CN(C)CC2(C#N)CC2)cc1. The Labute approximate surface area is 104 Å². The zero-order chi connectivity index (χ0) is 12.3. The van der Waals surface area contributed by atoms with Crippen LogP contribution in [-0.2, 0) is 13.0 Å². The first-order valence-electron chi connectivity index (χ1n) is 6.35. The van der Waals surface area contributed by atoms with Crippen molar-refractivity contribution in [2.24, 2.45) is 5.41 Å². The first-order valence-corrected chi connectivity index (χ1v) is 6.35. The fourth-order valence-electron chi connectivity index (χ4n) is 2.22. The van der Waals surface area contributed by atoms with E-state index >= 15 is 0 Å². The van der Waals surface area contributed by atoms with Crippen molar-refractivity contribution in [3.05, 3.63) is 35.4 Å². The summed E-state index contributed by atoms with van der Waals surface area (Å²) in [7, 11) is 2.10. The minimum Gasteiger partial charge on any atom is -0.301 e. The van der Waals surface area contributed by atoms with Crippen LogP contribution >= 0.6 is 0 Å². The first kappa shape index (κ1) is 12.1. The second-order valence-electron chi connectivity index (χ2n) is 5.23. The van der Waals surface area contributed by atoms with Crippen LogP contribution in [0.25, 0.3) is 0 Å². The molecule has 0 unspecified atom stereocenters. The topological polar surface area (TPSA) is 27.0 Å². The summed E-state index contributed by atoms with van der Waals surface area (Å²) in [5.41, 5.74) is 2.68. The molecule has 0 atom stereocenters. The molecule has 0 bridgehead atoms. The predicted octanol–water partition coefficient (Wildman–Crippen LogP) is 2.98. The molecule has 1 fully saturated rings. The number of rotatable bonds is 5. The van der Waals surface area contributed by atoms with Gasteiger partial charge in [0.2, 0.25) is 0 Å². The molecule has 0 aliphatic heterocycles. The van der Waals surface area contributed by atoms with Crippen molar-refractivity contribution < 1.29 is 0 Å². The molecule has 0 spiro atoms. The van der Waals surface area contributed by atoms with Crippen LogP contribution < -0.4 is 0 Å². The fraction of sp³-hybridized carbons (Fsp3) is 0.533. The molecule has 0 amide bonds. The second kappa shape index (κ2) is 4.89. The van der Waals surface area contributed by atoms with Gasteiger partial charge in [0.25, 0.3) is 0 Å². The average molecular weight is 228 g/mol. The molecule has 1 aliphatic rings. The molecule has 2 nitrogen and oxygen atoms in total. The smallest absolute Gasteiger partial charge is 0.0703 e. The molecule has 0 heterocycles. The lowest BCUT2D eigenvalue weighted by atomic mass is 10.1. The van der Waals surface area contributed by atoms with Gasteiger partial charge < -0.3 is 4.90 Å². The summed E-state index contributed by atoms with van der Waals surface area (Å²) in [6.45, 7) is 4.01. The second-order valence-corrected chi connectivity index (χ2v) is 5.23. The van der Waals surface area contributed by atoms with E-state index in [4.69, 9.17) is 5.26 Å². The first-order chi connectivity index (χ1) is 8.17. The van der Waals surface area contributed by atoms with Crippen molar-refractivity contribution in [3.63, 3.8) is 0 Å². The summed E-state index contributed by atoms with van der Waals surface area (Å²) in [5, 5.41) is 9.06. The van der Waals surface area contributed by atoms with Gasteiger partial charge in [-0.15, -0.1) is 0 Å². The number of hydrogen-bond acceptors (Lipinski definition) is 2. The van der Waals surface area contributed by atoms with Crippen molar-refractivity contribution in [1.29, 1.82) is 5.26 Å². The Morgan fingerprint density at radius 3 is 2.29 bits per heavy atom. The van der Waals surface area contributed by atoms with Crippen molar-refractivity contribution in [2.75, 3.05) is 13.6 Å². The highest BCUT2D eigenvalue weighted by molar-refractivity contribution is 5.22. The highest BCUT2D eigenvalue weighted by Gasteiger charge is 2.43. The largest absolute Gasteiger partial charge is 0.301 e. The lowest BCUT2D eigenvalue weighted by Gasteiger charge is -2.19. The van der Waals surface area contributed by atoms with Crippen LogP contribution in [0.1, 0.15) is 30.9 Å². The van der Waals surface area contributed by atoms with Gasteiger partial charge in [-0.2, -0.15) is 5.26 Å². The van der Waals surface area contributed by atoms with E-state index in [1.54, 1.807) is 0 Å². The molecule has 17 heavy (non-hydrogen) atoms. The summed E-state index contributed by atoms with van der Waals surface area (Å²) in [5.74, 6) is 0. The average Bonchev–Trinajstić information content (AvgIpc) is 3.10. The predicted molar refractivity (Wildman–Crippen MR) is 69.4 cm³/mol. The summed E-state index contributed by atoms with van der Waals surface area (Å²) < 4.78 is 0. The molecule has 2 heteroatoms. The fourth-order valence-corrected chi connectivity index (χ4v) is 2.22. The van der Waals surface area contributed by atoms with E-state index in [-0.39, 0.29) is 5.41 Å². The quantitative estimate of drug-likeness (QED) is 0.774. The van der Waals surface area contributed by atoms with E-state index < -0.39 is 0 Å². The Hall–Kier alpha value is -1.33. The number of benzene rings is 1. The minimum absolute atomic E-state index is 0.0297. The third-order valence-electron chi connectivity index (χ3n) is 3.55. The van der Waals surface area contributed by atoms with Gasteiger partial charge >= 0.3 is 0 Å². The van der Waals surface area contributed by atoms with Crippen LogP contribution in [0.5, 0.6) is 0 Å². The van der Waals surface area contributed by atoms with E-state index in [1.165, 1.54) is 11.1 Å². The summed E-state index contributed by atoms with van der Waals surface area (Å²) in [6.07, 6.45) is 3.24. The van der Waals surface area contributed by atoms with E-state index in [1.807, 2.05) is 0 Å². The Morgan fingerprint density at radius 2 is 1.82 bits per heavy atom. The van der Waals surface area contributed by atoms with Crippen molar-refractivity contribution in [1.82, 2.24) is 4.90 Å². The van der Waals surface area contributed by atoms with Gasteiger partial charge in [-0.05, 0) is 37.4 Å². The highest BCUT2D eigenvalue weighted by Crippen LogP contribution is 2.45. The van der Waals surface area contributed by atoms with E-state index in [9.17, 15) is 0 Å². The molecular formula is C15H20N2. The lowest BCUT2D eigenvalue weighted by molar-refractivity contribution is 0.286.